The molecule has 1 aliphatic heterocycles. The van der Waals surface area contributed by atoms with E-state index in [1.165, 1.54) is 112 Å². The van der Waals surface area contributed by atoms with Gasteiger partial charge < -0.3 is 5.53 Å². The molecule has 0 bridgehead atoms. The van der Waals surface area contributed by atoms with Gasteiger partial charge in [0.1, 0.15) is 0 Å². The van der Waals surface area contributed by atoms with E-state index in [1.807, 2.05) is 0 Å². The molecule has 218 valence electrons. The monoisotopic (exact) mass is 540 g/mol. The second-order valence-electron chi connectivity index (χ2n) is 11.9. The van der Waals surface area contributed by atoms with E-state index in [1.54, 1.807) is 4.70 Å². The zero-order chi connectivity index (χ0) is 28.6. The lowest BCUT2D eigenvalue weighted by molar-refractivity contribution is -0.345. The zero-order valence-corrected chi connectivity index (χ0v) is 26.2. The Balaban J connectivity index is 1.97. The van der Waals surface area contributed by atoms with Crippen molar-refractivity contribution in [1.82, 2.24) is 0 Å². The molecule has 0 unspecified atom stereocenters. The highest BCUT2D eigenvalue weighted by Crippen LogP contribution is 2.44. The Morgan fingerprint density at radius 3 is 1.18 bits per heavy atom. The molecule has 0 N–H and O–H groups in total. The third kappa shape index (κ3) is 9.28. The number of hydrogen-bond donors (Lipinski definition) is 0. The third-order valence-corrected chi connectivity index (χ3v) is 8.51. The smallest absolute Gasteiger partial charge is 0.211 e. The number of unbranched alkanes of at least 4 members (excludes halogenated alkanes) is 10. The van der Waals surface area contributed by atoms with Gasteiger partial charge in [-0.25, -0.2) is 4.70 Å². The van der Waals surface area contributed by atoms with Crippen molar-refractivity contribution in [3.8, 4) is 0 Å². The fourth-order valence-electron chi connectivity index (χ4n) is 6.02. The van der Waals surface area contributed by atoms with Gasteiger partial charge in [-0.15, -0.1) is 0 Å². The van der Waals surface area contributed by atoms with E-state index in [0.29, 0.717) is 0 Å². The second kappa shape index (κ2) is 18.1. The lowest BCUT2D eigenvalue weighted by Gasteiger charge is -2.11. The van der Waals surface area contributed by atoms with E-state index in [9.17, 15) is 5.53 Å². The molecule has 40 heavy (non-hydrogen) atoms. The predicted molar refractivity (Wildman–Crippen MR) is 174 cm³/mol. The Hall–Kier alpha value is -2.48. The molecule has 0 aliphatic carbocycles. The highest BCUT2D eigenvalue weighted by Gasteiger charge is 2.35. The standard InChI is InChI=1S/C38H56N2/c1-5-9-13-15-16-18-22-36-35(21-17-14-10-6-2)37(33-27-23-31(24-28-33)19-11-7-3)40(39)38(36)34-29-25-32(26-30-34)20-12-8-4/h23-30H,5-22H2,1-4H3. The van der Waals surface area contributed by atoms with Crippen molar-refractivity contribution in [3.63, 3.8) is 0 Å². The predicted octanol–water partition coefficient (Wildman–Crippen LogP) is 12.3. The van der Waals surface area contributed by atoms with E-state index in [2.05, 4.69) is 76.2 Å². The highest BCUT2D eigenvalue weighted by molar-refractivity contribution is 5.82. The molecule has 0 atom stereocenters. The van der Waals surface area contributed by atoms with Gasteiger partial charge in [-0.05, 0) is 86.8 Å². The zero-order valence-electron chi connectivity index (χ0n) is 26.2. The summed E-state index contributed by atoms with van der Waals surface area (Å²) in [6.07, 6.45) is 21.9. The van der Waals surface area contributed by atoms with Crippen LogP contribution in [-0.4, -0.2) is 4.70 Å². The number of rotatable bonds is 20. The largest absolute Gasteiger partial charge is 0.493 e. The molecule has 3 rings (SSSR count). The van der Waals surface area contributed by atoms with E-state index in [0.717, 1.165) is 48.2 Å². The molecule has 0 spiro atoms. The summed E-state index contributed by atoms with van der Waals surface area (Å²) < 4.78 is 1.56. The van der Waals surface area contributed by atoms with Crippen LogP contribution in [0.4, 0.5) is 0 Å². The van der Waals surface area contributed by atoms with Crippen LogP contribution >= 0.6 is 0 Å². The van der Waals surface area contributed by atoms with Crippen LogP contribution in [0.1, 0.15) is 153 Å². The van der Waals surface area contributed by atoms with Crippen LogP contribution in [0.15, 0.2) is 59.7 Å². The van der Waals surface area contributed by atoms with Gasteiger partial charge in [0.15, 0.2) is 0 Å². The van der Waals surface area contributed by atoms with E-state index < -0.39 is 0 Å². The average Bonchev–Trinajstić information content (AvgIpc) is 3.26. The second-order valence-corrected chi connectivity index (χ2v) is 11.9. The van der Waals surface area contributed by atoms with E-state index in [4.69, 9.17) is 0 Å². The SMILES string of the molecule is CCCCCCCCC1=C(c2ccc(CCCC)cc2)[N+](=[N-])C(c2ccc(CCCC)cc2)=C1CCCCCC. The highest BCUT2D eigenvalue weighted by atomic mass is 15.2. The van der Waals surface area contributed by atoms with Crippen molar-refractivity contribution < 1.29 is 4.70 Å². The minimum atomic E-state index is 1.02. The summed E-state index contributed by atoms with van der Waals surface area (Å²) in [7, 11) is 0. The van der Waals surface area contributed by atoms with Crippen LogP contribution in [0.25, 0.3) is 16.9 Å². The Labute approximate surface area is 246 Å². The van der Waals surface area contributed by atoms with Crippen LogP contribution in [-0.2, 0) is 12.8 Å². The molecule has 2 heteroatoms. The molecule has 2 aromatic carbocycles. The minimum Gasteiger partial charge on any atom is -0.493 e. The Bertz CT molecular complexity index is 1090. The molecule has 2 nitrogen and oxygen atoms in total. The van der Waals surface area contributed by atoms with Gasteiger partial charge in [0.05, 0.1) is 0 Å². The van der Waals surface area contributed by atoms with Crippen molar-refractivity contribution >= 4 is 11.4 Å². The van der Waals surface area contributed by atoms with Gasteiger partial charge in [0, 0.05) is 22.3 Å². The molecular formula is C38H56N2. The maximum absolute atomic E-state index is 11.9. The van der Waals surface area contributed by atoms with Crippen molar-refractivity contribution in [2.45, 2.75) is 143 Å². The Morgan fingerprint density at radius 2 is 0.775 bits per heavy atom. The summed E-state index contributed by atoms with van der Waals surface area (Å²) in [5.74, 6) is 0. The molecule has 0 aromatic heterocycles. The van der Waals surface area contributed by atoms with Gasteiger partial charge in [-0.1, -0.05) is 116 Å². The van der Waals surface area contributed by atoms with E-state index in [-0.39, 0.29) is 0 Å². The quantitative estimate of drug-likeness (QED) is 0.118. The first-order valence-corrected chi connectivity index (χ1v) is 16.8. The van der Waals surface area contributed by atoms with Gasteiger partial charge in [0.25, 0.3) is 0 Å². The van der Waals surface area contributed by atoms with Crippen molar-refractivity contribution in [2.75, 3.05) is 0 Å². The maximum Gasteiger partial charge on any atom is 0.211 e. The van der Waals surface area contributed by atoms with Gasteiger partial charge in [-0.2, -0.15) is 0 Å². The van der Waals surface area contributed by atoms with E-state index >= 15 is 0 Å². The van der Waals surface area contributed by atoms with Crippen LogP contribution < -0.4 is 0 Å². The fraction of sp³-hybridized carbons (Fsp3) is 0.579. The molecule has 0 radical (unpaired) electrons. The number of benzene rings is 2. The number of aryl methyl sites for hydroxylation is 2. The molecule has 0 saturated heterocycles. The Kier molecular flexibility index (Phi) is 14.5. The van der Waals surface area contributed by atoms with Crippen molar-refractivity contribution in [3.05, 3.63) is 87.5 Å². The maximum atomic E-state index is 11.9. The first-order chi connectivity index (χ1) is 19.6. The first kappa shape index (κ1) is 32.0. The molecule has 0 saturated carbocycles. The molecular weight excluding hydrogens is 484 g/mol. The molecule has 0 amide bonds. The first-order valence-electron chi connectivity index (χ1n) is 16.8. The van der Waals surface area contributed by atoms with Crippen molar-refractivity contribution in [1.29, 1.82) is 0 Å². The summed E-state index contributed by atoms with van der Waals surface area (Å²) in [6.45, 7) is 9.07. The topological polar surface area (TPSA) is 25.3 Å². The summed E-state index contributed by atoms with van der Waals surface area (Å²) in [5, 5.41) is 0. The normalized spacial score (nSPS) is 13.7. The van der Waals surface area contributed by atoms with Gasteiger partial charge in [-0.3, -0.25) is 0 Å². The fourth-order valence-corrected chi connectivity index (χ4v) is 6.02. The lowest BCUT2D eigenvalue weighted by Crippen LogP contribution is -2.03. The van der Waals surface area contributed by atoms with Crippen LogP contribution in [0.2, 0.25) is 0 Å². The molecule has 0 fully saturated rings. The van der Waals surface area contributed by atoms with Crippen LogP contribution in [0.3, 0.4) is 0 Å². The number of allylic oxidation sites excluding steroid dienone is 2. The number of nitrogens with zero attached hydrogens (tertiary/aromatic N) is 2. The molecule has 2 aromatic rings. The van der Waals surface area contributed by atoms with Crippen molar-refractivity contribution in [2.24, 2.45) is 0 Å². The minimum absolute atomic E-state index is 1.02. The summed E-state index contributed by atoms with van der Waals surface area (Å²) in [4.78, 5) is 0. The third-order valence-electron chi connectivity index (χ3n) is 8.51. The average molecular weight is 541 g/mol. The van der Waals surface area contributed by atoms with Gasteiger partial charge >= 0.3 is 0 Å². The summed E-state index contributed by atoms with van der Waals surface area (Å²) >= 11 is 0. The Morgan fingerprint density at radius 1 is 0.425 bits per heavy atom. The summed E-state index contributed by atoms with van der Waals surface area (Å²) in [5.41, 5.74) is 21.8. The van der Waals surface area contributed by atoms with Crippen LogP contribution in [0.5, 0.6) is 0 Å². The number of hydrogen-bond acceptors (Lipinski definition) is 0. The van der Waals surface area contributed by atoms with Crippen LogP contribution in [0, 0.1) is 0 Å². The molecule has 1 heterocycles. The lowest BCUT2D eigenvalue weighted by atomic mass is 9.91. The molecule has 1 aliphatic rings. The van der Waals surface area contributed by atoms with Gasteiger partial charge in [0.2, 0.25) is 11.4 Å². The summed E-state index contributed by atoms with van der Waals surface area (Å²) in [6, 6.07) is 18.1.